The second kappa shape index (κ2) is 6.78. The van der Waals surface area contributed by atoms with E-state index >= 15 is 0 Å². The van der Waals surface area contributed by atoms with Crippen LogP contribution in [0.3, 0.4) is 0 Å². The minimum atomic E-state index is -0.0938. The monoisotopic (exact) mass is 275 g/mol. The van der Waals surface area contributed by atoms with Crippen LogP contribution >= 0.6 is 11.8 Å². The molecular weight excluding hydrogens is 250 g/mol. The molecule has 5 heteroatoms. The fraction of sp³-hybridized carbons (Fsp3) is 0.923. The molecule has 0 radical (unpaired) electrons. The van der Waals surface area contributed by atoms with E-state index in [1.54, 1.807) is 11.8 Å². The van der Waals surface area contributed by atoms with E-state index in [1.165, 1.54) is 0 Å². The van der Waals surface area contributed by atoms with Gasteiger partial charge in [-0.15, -0.1) is 0 Å². The molecular formula is C13H25NO3S. The van der Waals surface area contributed by atoms with Gasteiger partial charge >= 0.3 is 0 Å². The van der Waals surface area contributed by atoms with Gasteiger partial charge in [0.05, 0.1) is 24.7 Å². The van der Waals surface area contributed by atoms with Crippen LogP contribution in [0.2, 0.25) is 0 Å². The van der Waals surface area contributed by atoms with Gasteiger partial charge in [0, 0.05) is 11.3 Å². The molecule has 0 aromatic heterocycles. The average molecular weight is 275 g/mol. The largest absolute Gasteiger partial charge is 0.395 e. The summed E-state index contributed by atoms with van der Waals surface area (Å²) < 4.78 is 5.69. The summed E-state index contributed by atoms with van der Waals surface area (Å²) >= 11 is 1.57. The number of amides is 1. The van der Waals surface area contributed by atoms with Crippen molar-refractivity contribution in [3.8, 4) is 0 Å². The number of hydrogen-bond acceptors (Lipinski definition) is 4. The zero-order chi connectivity index (χ0) is 13.9. The summed E-state index contributed by atoms with van der Waals surface area (Å²) in [6.07, 6.45) is 2.03. The van der Waals surface area contributed by atoms with Crippen molar-refractivity contribution in [3.63, 3.8) is 0 Å². The molecule has 6 unspecified atom stereocenters. The number of ether oxygens (including phenoxy) is 1. The molecule has 0 aliphatic carbocycles. The molecule has 1 heterocycles. The first-order valence-electron chi connectivity index (χ1n) is 6.51. The van der Waals surface area contributed by atoms with Crippen LogP contribution in [-0.2, 0) is 9.53 Å². The Kier molecular flexibility index (Phi) is 5.95. The Balaban J connectivity index is 2.60. The van der Waals surface area contributed by atoms with Gasteiger partial charge in [0.15, 0.2) is 0 Å². The average Bonchev–Trinajstić information content (AvgIpc) is 2.54. The molecule has 1 aliphatic heterocycles. The van der Waals surface area contributed by atoms with Crippen LogP contribution in [-0.4, -0.2) is 47.4 Å². The lowest BCUT2D eigenvalue weighted by Crippen LogP contribution is -2.46. The van der Waals surface area contributed by atoms with Crippen LogP contribution in [0.1, 0.15) is 27.7 Å². The molecule has 1 rings (SSSR count). The van der Waals surface area contributed by atoms with Gasteiger partial charge in [0.1, 0.15) is 0 Å². The van der Waals surface area contributed by atoms with Crippen molar-refractivity contribution >= 4 is 17.7 Å². The van der Waals surface area contributed by atoms with Crippen molar-refractivity contribution in [2.24, 2.45) is 11.8 Å². The topological polar surface area (TPSA) is 58.6 Å². The number of hydrogen-bond donors (Lipinski definition) is 2. The van der Waals surface area contributed by atoms with E-state index in [4.69, 9.17) is 4.74 Å². The highest BCUT2D eigenvalue weighted by molar-refractivity contribution is 7.99. The molecule has 0 saturated carbocycles. The summed E-state index contributed by atoms with van der Waals surface area (Å²) in [5.41, 5.74) is 0. The molecule has 18 heavy (non-hydrogen) atoms. The molecule has 106 valence electrons. The van der Waals surface area contributed by atoms with Crippen LogP contribution in [0.25, 0.3) is 0 Å². The molecule has 1 aliphatic rings. The quantitative estimate of drug-likeness (QED) is 0.793. The fourth-order valence-electron chi connectivity index (χ4n) is 2.57. The second-order valence-electron chi connectivity index (χ2n) is 5.19. The van der Waals surface area contributed by atoms with E-state index in [-0.39, 0.29) is 47.8 Å². The highest BCUT2D eigenvalue weighted by atomic mass is 32.2. The minimum absolute atomic E-state index is 0.0344. The maximum atomic E-state index is 12.3. The number of thioether (sulfide) groups is 1. The van der Waals surface area contributed by atoms with Crippen molar-refractivity contribution in [1.29, 1.82) is 0 Å². The third-order valence-electron chi connectivity index (χ3n) is 3.95. The van der Waals surface area contributed by atoms with Crippen LogP contribution < -0.4 is 5.32 Å². The predicted molar refractivity (Wildman–Crippen MR) is 74.7 cm³/mol. The number of nitrogens with one attached hydrogen (secondary N) is 1. The van der Waals surface area contributed by atoms with E-state index in [0.29, 0.717) is 0 Å². The third kappa shape index (κ3) is 3.39. The van der Waals surface area contributed by atoms with Crippen molar-refractivity contribution in [2.45, 2.75) is 51.2 Å². The van der Waals surface area contributed by atoms with Gasteiger partial charge in [-0.05, 0) is 32.9 Å². The van der Waals surface area contributed by atoms with Crippen molar-refractivity contribution in [1.82, 2.24) is 5.32 Å². The molecule has 0 aromatic rings. The first-order chi connectivity index (χ1) is 8.42. The van der Waals surface area contributed by atoms with E-state index in [9.17, 15) is 9.90 Å². The number of rotatable bonds is 5. The summed E-state index contributed by atoms with van der Waals surface area (Å²) in [7, 11) is 0. The zero-order valence-electron chi connectivity index (χ0n) is 11.8. The van der Waals surface area contributed by atoms with Crippen LogP contribution in [0.4, 0.5) is 0 Å². The third-order valence-corrected chi connectivity index (χ3v) is 5.12. The lowest BCUT2D eigenvalue weighted by Gasteiger charge is -2.25. The van der Waals surface area contributed by atoms with Gasteiger partial charge in [0.25, 0.3) is 0 Å². The van der Waals surface area contributed by atoms with Gasteiger partial charge in [0.2, 0.25) is 5.91 Å². The van der Waals surface area contributed by atoms with E-state index in [0.717, 1.165) is 0 Å². The molecule has 0 aromatic carbocycles. The van der Waals surface area contributed by atoms with E-state index < -0.39 is 0 Å². The van der Waals surface area contributed by atoms with E-state index in [1.807, 2.05) is 27.0 Å². The van der Waals surface area contributed by atoms with Gasteiger partial charge < -0.3 is 15.2 Å². The standard InChI is InChI=1S/C13H25NO3S/c1-7-9(3)17-10(4)12(7)13(16)14-8(2)11(6-15)18-5/h7-12,15H,6H2,1-5H3,(H,14,16). The summed E-state index contributed by atoms with van der Waals surface area (Å²) in [4.78, 5) is 12.3. The molecule has 1 fully saturated rings. The first-order valence-corrected chi connectivity index (χ1v) is 7.80. The van der Waals surface area contributed by atoms with Crippen molar-refractivity contribution < 1.29 is 14.6 Å². The van der Waals surface area contributed by atoms with Gasteiger partial charge in [-0.3, -0.25) is 4.79 Å². The number of aliphatic hydroxyl groups is 1. The Hall–Kier alpha value is -0.260. The molecule has 0 bridgehead atoms. The summed E-state index contributed by atoms with van der Waals surface area (Å²) in [5.74, 6) is 0.178. The van der Waals surface area contributed by atoms with Crippen molar-refractivity contribution in [3.05, 3.63) is 0 Å². The lowest BCUT2D eigenvalue weighted by atomic mass is 9.88. The summed E-state index contributed by atoms with van der Waals surface area (Å²) in [5, 5.41) is 12.3. The Morgan fingerprint density at radius 3 is 2.39 bits per heavy atom. The maximum absolute atomic E-state index is 12.3. The number of aliphatic hydroxyl groups excluding tert-OH is 1. The SMILES string of the molecule is CSC(CO)C(C)NC(=O)C1C(C)OC(C)C1C. The van der Waals surface area contributed by atoms with E-state index in [2.05, 4.69) is 12.2 Å². The highest BCUT2D eigenvalue weighted by Gasteiger charge is 2.42. The normalized spacial score (nSPS) is 35.2. The van der Waals surface area contributed by atoms with Crippen LogP contribution in [0.5, 0.6) is 0 Å². The van der Waals surface area contributed by atoms with Crippen LogP contribution in [0, 0.1) is 11.8 Å². The predicted octanol–water partition coefficient (Wildman–Crippen LogP) is 1.27. The Morgan fingerprint density at radius 2 is 2.00 bits per heavy atom. The molecule has 1 saturated heterocycles. The zero-order valence-corrected chi connectivity index (χ0v) is 12.7. The minimum Gasteiger partial charge on any atom is -0.395 e. The molecule has 0 spiro atoms. The Labute approximate surface area is 114 Å². The van der Waals surface area contributed by atoms with Gasteiger partial charge in [-0.1, -0.05) is 6.92 Å². The molecule has 4 nitrogen and oxygen atoms in total. The van der Waals surface area contributed by atoms with Gasteiger partial charge in [-0.25, -0.2) is 0 Å². The van der Waals surface area contributed by atoms with Crippen molar-refractivity contribution in [2.75, 3.05) is 12.9 Å². The maximum Gasteiger partial charge on any atom is 0.226 e. The number of carbonyl (C=O) groups excluding carboxylic acids is 1. The molecule has 6 atom stereocenters. The summed E-state index contributed by atoms with van der Waals surface area (Å²) in [6, 6.07) is -0.0344. The Morgan fingerprint density at radius 1 is 1.39 bits per heavy atom. The van der Waals surface area contributed by atoms with Crippen LogP contribution in [0.15, 0.2) is 0 Å². The summed E-state index contributed by atoms with van der Waals surface area (Å²) in [6.45, 7) is 8.03. The fourth-order valence-corrected chi connectivity index (χ4v) is 3.19. The molecule has 2 N–H and O–H groups in total. The Bertz CT molecular complexity index is 283. The smallest absolute Gasteiger partial charge is 0.226 e. The molecule has 1 amide bonds. The highest BCUT2D eigenvalue weighted by Crippen LogP contribution is 2.32. The lowest BCUT2D eigenvalue weighted by molar-refractivity contribution is -0.127. The van der Waals surface area contributed by atoms with Gasteiger partial charge in [-0.2, -0.15) is 11.8 Å². The number of carbonyl (C=O) groups is 1. The first kappa shape index (κ1) is 15.8. The second-order valence-corrected chi connectivity index (χ2v) is 6.26.